The van der Waals surface area contributed by atoms with E-state index in [1.54, 1.807) is 0 Å². The lowest BCUT2D eigenvalue weighted by atomic mass is 10.1. The van der Waals surface area contributed by atoms with Gasteiger partial charge < -0.3 is 14.6 Å². The van der Waals surface area contributed by atoms with Gasteiger partial charge >= 0.3 is 5.97 Å². The summed E-state index contributed by atoms with van der Waals surface area (Å²) in [6.45, 7) is 0.0372. The van der Waals surface area contributed by atoms with Gasteiger partial charge in [-0.3, -0.25) is 0 Å². The Kier molecular flexibility index (Phi) is 4.24. The number of carboxylic acid groups (broad SMARTS) is 1. The Bertz CT molecular complexity index is 443. The topological polar surface area (TPSA) is 55.8 Å². The number of methoxy groups -OCH3 is 1. The van der Waals surface area contributed by atoms with E-state index in [0.717, 1.165) is 22.9 Å². The van der Waals surface area contributed by atoms with Gasteiger partial charge in [-0.15, -0.1) is 0 Å². The molecule has 0 bridgehead atoms. The third-order valence-corrected chi connectivity index (χ3v) is 3.34. The van der Waals surface area contributed by atoms with Gasteiger partial charge in [0, 0.05) is 11.6 Å². The molecule has 1 saturated carbocycles. The van der Waals surface area contributed by atoms with Gasteiger partial charge in [0.25, 0.3) is 0 Å². The molecule has 0 spiro atoms. The minimum atomic E-state index is -1.01. The Morgan fingerprint density at radius 1 is 1.56 bits per heavy atom. The lowest BCUT2D eigenvalue weighted by molar-refractivity contribution is -0.147. The van der Waals surface area contributed by atoms with Crippen LogP contribution in [0.5, 0.6) is 5.75 Å². The Hall–Kier alpha value is -1.07. The number of aliphatic carboxylic acids is 1. The van der Waals surface area contributed by atoms with Gasteiger partial charge in [-0.1, -0.05) is 15.9 Å². The predicted octanol–water partition coefficient (Wildman–Crippen LogP) is 2.80. The predicted molar refractivity (Wildman–Crippen MR) is 70.0 cm³/mol. The molecule has 0 amide bonds. The molecule has 0 aromatic heterocycles. The minimum absolute atomic E-state index is 0.0372. The van der Waals surface area contributed by atoms with Crippen molar-refractivity contribution >= 4 is 21.9 Å². The fourth-order valence-corrected chi connectivity index (χ4v) is 2.18. The average Bonchev–Trinajstić information content (AvgIpc) is 3.14. The Balaban J connectivity index is 2.19. The number of halogens is 1. The van der Waals surface area contributed by atoms with E-state index in [2.05, 4.69) is 15.9 Å². The van der Waals surface area contributed by atoms with Crippen molar-refractivity contribution in [2.24, 2.45) is 0 Å². The highest BCUT2D eigenvalue weighted by molar-refractivity contribution is 9.10. The minimum Gasteiger partial charge on any atom is -0.478 e. The van der Waals surface area contributed by atoms with Gasteiger partial charge in [-0.05, 0) is 42.5 Å². The Labute approximate surface area is 114 Å². The molecular weight excluding hydrogens is 300 g/mol. The van der Waals surface area contributed by atoms with Crippen LogP contribution in [0.2, 0.25) is 0 Å². The summed E-state index contributed by atoms with van der Waals surface area (Å²) in [7, 11) is 1.46. The van der Waals surface area contributed by atoms with Crippen LogP contribution in [0.4, 0.5) is 0 Å². The van der Waals surface area contributed by atoms with E-state index in [-0.39, 0.29) is 6.61 Å². The molecule has 1 N–H and O–H groups in total. The molecule has 1 aromatic carbocycles. The lowest BCUT2D eigenvalue weighted by Gasteiger charge is -2.17. The lowest BCUT2D eigenvalue weighted by Crippen LogP contribution is -2.31. The largest absolute Gasteiger partial charge is 0.478 e. The van der Waals surface area contributed by atoms with Crippen LogP contribution in [-0.4, -0.2) is 30.9 Å². The summed E-state index contributed by atoms with van der Waals surface area (Å²) in [5.74, 6) is 0.126. The second-order valence-corrected chi connectivity index (χ2v) is 5.27. The Morgan fingerprint density at radius 3 is 2.83 bits per heavy atom. The summed E-state index contributed by atoms with van der Waals surface area (Å²) in [5.41, 5.74) is 1.08. The zero-order valence-electron chi connectivity index (χ0n) is 10.1. The molecule has 1 unspecified atom stereocenters. The maximum absolute atomic E-state index is 11.0. The highest BCUT2D eigenvalue weighted by atomic mass is 79.9. The number of rotatable bonds is 6. The van der Waals surface area contributed by atoms with Crippen LogP contribution in [0.25, 0.3) is 0 Å². The van der Waals surface area contributed by atoms with Crippen LogP contribution >= 0.6 is 15.9 Å². The number of carbonyl (C=O) groups is 1. The maximum Gasteiger partial charge on any atom is 0.347 e. The molecule has 2 rings (SSSR count). The number of hydrogen-bond donors (Lipinski definition) is 1. The molecule has 1 atom stereocenters. The van der Waals surface area contributed by atoms with Gasteiger partial charge in [-0.25, -0.2) is 4.79 Å². The van der Waals surface area contributed by atoms with E-state index in [9.17, 15) is 4.79 Å². The van der Waals surface area contributed by atoms with Crippen LogP contribution in [-0.2, 0) is 9.53 Å². The molecule has 0 aliphatic heterocycles. The van der Waals surface area contributed by atoms with Gasteiger partial charge in [0.15, 0.2) is 0 Å². The summed E-state index contributed by atoms with van der Waals surface area (Å²) in [6.07, 6.45) is 1.30. The normalized spacial score (nSPS) is 16.3. The van der Waals surface area contributed by atoms with Crippen molar-refractivity contribution in [3.8, 4) is 5.75 Å². The Morgan fingerprint density at radius 2 is 2.28 bits per heavy atom. The van der Waals surface area contributed by atoms with Crippen molar-refractivity contribution in [1.82, 2.24) is 0 Å². The van der Waals surface area contributed by atoms with Crippen molar-refractivity contribution < 1.29 is 19.4 Å². The average molecular weight is 315 g/mol. The van der Waals surface area contributed by atoms with Crippen LogP contribution in [0, 0.1) is 0 Å². The second kappa shape index (κ2) is 5.71. The van der Waals surface area contributed by atoms with Crippen LogP contribution in [0.1, 0.15) is 24.3 Å². The quantitative estimate of drug-likeness (QED) is 0.877. The van der Waals surface area contributed by atoms with Crippen LogP contribution in [0.15, 0.2) is 22.7 Å². The van der Waals surface area contributed by atoms with Gasteiger partial charge in [0.2, 0.25) is 6.10 Å². The van der Waals surface area contributed by atoms with Crippen molar-refractivity contribution in [3.05, 3.63) is 28.2 Å². The molecule has 1 aliphatic carbocycles. The standard InChI is InChI=1S/C13H15BrO4/c1-17-7-12(13(15)16)18-11-5-4-9(14)6-10(11)8-2-3-8/h4-6,8,12H,2-3,7H2,1H3,(H,15,16). The number of ether oxygens (including phenoxy) is 2. The summed E-state index contributed by atoms with van der Waals surface area (Å²) in [6, 6.07) is 5.66. The van der Waals surface area contributed by atoms with Gasteiger partial charge in [0.05, 0.1) is 6.61 Å². The van der Waals surface area contributed by atoms with Gasteiger partial charge in [-0.2, -0.15) is 0 Å². The van der Waals surface area contributed by atoms with E-state index in [1.807, 2.05) is 18.2 Å². The fourth-order valence-electron chi connectivity index (χ4n) is 1.80. The van der Waals surface area contributed by atoms with Crippen molar-refractivity contribution in [1.29, 1.82) is 0 Å². The van der Waals surface area contributed by atoms with Crippen molar-refractivity contribution in [2.45, 2.75) is 24.9 Å². The molecule has 1 fully saturated rings. The molecular formula is C13H15BrO4. The molecule has 5 heteroatoms. The van der Waals surface area contributed by atoms with E-state index >= 15 is 0 Å². The monoisotopic (exact) mass is 314 g/mol. The third kappa shape index (κ3) is 3.23. The first-order valence-electron chi connectivity index (χ1n) is 5.79. The van der Waals surface area contributed by atoms with Crippen molar-refractivity contribution in [2.75, 3.05) is 13.7 Å². The summed E-state index contributed by atoms with van der Waals surface area (Å²) >= 11 is 3.42. The molecule has 0 saturated heterocycles. The maximum atomic E-state index is 11.0. The molecule has 4 nitrogen and oxygen atoms in total. The second-order valence-electron chi connectivity index (χ2n) is 4.36. The fraction of sp³-hybridized carbons (Fsp3) is 0.462. The van der Waals surface area contributed by atoms with E-state index < -0.39 is 12.1 Å². The first kappa shape index (κ1) is 13.4. The highest BCUT2D eigenvalue weighted by Crippen LogP contribution is 2.45. The van der Waals surface area contributed by atoms with E-state index in [4.69, 9.17) is 14.6 Å². The smallest absolute Gasteiger partial charge is 0.347 e. The summed E-state index contributed by atoms with van der Waals surface area (Å²) in [5, 5.41) is 9.05. The molecule has 0 radical (unpaired) electrons. The first-order chi connectivity index (χ1) is 8.61. The van der Waals surface area contributed by atoms with Crippen molar-refractivity contribution in [3.63, 3.8) is 0 Å². The molecule has 18 heavy (non-hydrogen) atoms. The molecule has 1 aliphatic rings. The SMILES string of the molecule is COCC(Oc1ccc(Br)cc1C1CC1)C(=O)O. The summed E-state index contributed by atoms with van der Waals surface area (Å²) < 4.78 is 11.4. The molecule has 1 aromatic rings. The number of hydrogen-bond acceptors (Lipinski definition) is 3. The number of benzene rings is 1. The highest BCUT2D eigenvalue weighted by Gasteiger charge is 2.29. The molecule has 0 heterocycles. The number of carboxylic acids is 1. The first-order valence-corrected chi connectivity index (χ1v) is 6.59. The third-order valence-electron chi connectivity index (χ3n) is 2.85. The van der Waals surface area contributed by atoms with Crippen LogP contribution in [0.3, 0.4) is 0 Å². The van der Waals surface area contributed by atoms with E-state index in [1.165, 1.54) is 7.11 Å². The molecule has 98 valence electrons. The van der Waals surface area contributed by atoms with E-state index in [0.29, 0.717) is 11.7 Å². The van der Waals surface area contributed by atoms with Gasteiger partial charge in [0.1, 0.15) is 5.75 Å². The summed E-state index contributed by atoms with van der Waals surface area (Å²) in [4.78, 5) is 11.0. The van der Waals surface area contributed by atoms with Crippen LogP contribution < -0.4 is 4.74 Å². The zero-order valence-corrected chi connectivity index (χ0v) is 11.6. The zero-order chi connectivity index (χ0) is 13.1.